The Bertz CT molecular complexity index is 959. The molecule has 0 unspecified atom stereocenters. The highest BCUT2D eigenvalue weighted by Crippen LogP contribution is 2.44. The molecular formula is C19H20ClN5OS. The van der Waals surface area contributed by atoms with Gasteiger partial charge in [0, 0.05) is 28.3 Å². The van der Waals surface area contributed by atoms with E-state index in [2.05, 4.69) is 16.0 Å². The Hall–Kier alpha value is -2.43. The highest BCUT2D eigenvalue weighted by Gasteiger charge is 2.31. The van der Waals surface area contributed by atoms with E-state index in [-0.39, 0.29) is 22.7 Å². The van der Waals surface area contributed by atoms with Crippen LogP contribution in [0.1, 0.15) is 65.0 Å². The molecule has 8 heteroatoms. The van der Waals surface area contributed by atoms with E-state index in [0.29, 0.717) is 28.3 Å². The number of nitrogen functional groups attached to an aromatic ring is 1. The maximum Gasteiger partial charge on any atom is 0.222 e. The number of nitrogens with two attached hydrogens (primary N) is 2. The van der Waals surface area contributed by atoms with Gasteiger partial charge in [-0.1, -0.05) is 13.3 Å². The molecule has 6 nitrogen and oxygen atoms in total. The second-order valence-corrected chi connectivity index (χ2v) is 7.93. The zero-order chi connectivity index (χ0) is 19.6. The molecule has 1 atom stereocenters. The van der Waals surface area contributed by atoms with Crippen molar-refractivity contribution in [2.24, 2.45) is 5.73 Å². The first kappa shape index (κ1) is 19.3. The molecule has 0 fully saturated rings. The van der Waals surface area contributed by atoms with Gasteiger partial charge in [-0.15, -0.1) is 11.3 Å². The molecule has 0 saturated heterocycles. The molecule has 3 rings (SSSR count). The van der Waals surface area contributed by atoms with Crippen LogP contribution in [0.3, 0.4) is 0 Å². The fourth-order valence-electron chi connectivity index (χ4n) is 3.57. The Labute approximate surface area is 166 Å². The molecule has 1 aliphatic carbocycles. The number of fused-ring (bicyclic) bond motifs is 1. The third-order valence-electron chi connectivity index (χ3n) is 4.76. The van der Waals surface area contributed by atoms with E-state index in [1.165, 1.54) is 23.6 Å². The van der Waals surface area contributed by atoms with Crippen molar-refractivity contribution in [3.63, 3.8) is 0 Å². The van der Waals surface area contributed by atoms with E-state index in [9.17, 15) is 10.1 Å². The molecule has 0 spiro atoms. The molecule has 0 aliphatic heterocycles. The molecule has 0 aromatic carbocycles. The van der Waals surface area contributed by atoms with Crippen LogP contribution in [0.15, 0.2) is 23.5 Å². The number of allylic oxidation sites excluding steroid dienone is 2. The molecule has 0 amide bonds. The molecule has 2 aromatic heterocycles. The maximum atomic E-state index is 13.1. The summed E-state index contributed by atoms with van der Waals surface area (Å²) in [5.41, 5.74) is 15.2. The number of carbonyl (C=O) groups excluding carboxylic acids is 1. The van der Waals surface area contributed by atoms with Crippen LogP contribution in [0.25, 0.3) is 0 Å². The van der Waals surface area contributed by atoms with E-state index >= 15 is 0 Å². The number of halogens is 1. The third kappa shape index (κ3) is 3.68. The molecule has 2 aromatic rings. The predicted octanol–water partition coefficient (Wildman–Crippen LogP) is 3.96. The third-order valence-corrected chi connectivity index (χ3v) is 6.04. The monoisotopic (exact) mass is 401 g/mol. The van der Waals surface area contributed by atoms with Crippen LogP contribution in [0, 0.1) is 11.3 Å². The number of aromatic nitrogens is 2. The number of anilines is 1. The Kier molecular flexibility index (Phi) is 5.78. The molecule has 1 aliphatic rings. The number of carbonyl (C=O) groups is 1. The van der Waals surface area contributed by atoms with Crippen molar-refractivity contribution < 1.29 is 4.79 Å². The van der Waals surface area contributed by atoms with Gasteiger partial charge in [-0.2, -0.15) is 5.26 Å². The number of hydrogen-bond acceptors (Lipinski definition) is 7. The summed E-state index contributed by atoms with van der Waals surface area (Å²) in [5, 5.41) is 10.1. The van der Waals surface area contributed by atoms with Crippen LogP contribution < -0.4 is 11.5 Å². The maximum absolute atomic E-state index is 13.1. The molecule has 0 radical (unpaired) electrons. The Morgan fingerprint density at radius 2 is 2.30 bits per heavy atom. The van der Waals surface area contributed by atoms with Crippen molar-refractivity contribution in [1.82, 2.24) is 9.97 Å². The van der Waals surface area contributed by atoms with Crippen LogP contribution in [0.4, 0.5) is 5.00 Å². The van der Waals surface area contributed by atoms with Gasteiger partial charge in [-0.25, -0.2) is 9.97 Å². The highest BCUT2D eigenvalue weighted by atomic mass is 35.5. The quantitative estimate of drug-likeness (QED) is 0.444. The lowest BCUT2D eigenvalue weighted by molar-refractivity contribution is 0.102. The van der Waals surface area contributed by atoms with Crippen molar-refractivity contribution >= 4 is 33.7 Å². The predicted molar refractivity (Wildman–Crippen MR) is 107 cm³/mol. The van der Waals surface area contributed by atoms with E-state index in [4.69, 9.17) is 23.1 Å². The smallest absolute Gasteiger partial charge is 0.222 e. The zero-order valence-corrected chi connectivity index (χ0v) is 16.5. The number of rotatable bonds is 5. The van der Waals surface area contributed by atoms with Gasteiger partial charge in [0.1, 0.15) is 16.8 Å². The summed E-state index contributed by atoms with van der Waals surface area (Å²) in [5.74, 6) is -0.424. The van der Waals surface area contributed by atoms with Crippen molar-refractivity contribution in [1.29, 1.82) is 5.26 Å². The first-order valence-corrected chi connectivity index (χ1v) is 10.00. The summed E-state index contributed by atoms with van der Waals surface area (Å²) in [6.07, 6.45) is 5.35. The van der Waals surface area contributed by atoms with Gasteiger partial charge in [-0.05, 0) is 48.9 Å². The first-order chi connectivity index (χ1) is 13.0. The summed E-state index contributed by atoms with van der Waals surface area (Å²) in [6, 6.07) is 3.75. The standard InChI is InChI=1S/C19H20ClN5OS/c1-2-4-11(17(26)13-7-8-24-19(20)25-13)16(22)10-5-3-6-14-15(10)12(9-21)18(23)27-14/h7-8,10H,2-6,22-23H2,1H3/b16-11-/t10-/m0/s1. The summed E-state index contributed by atoms with van der Waals surface area (Å²) in [4.78, 5) is 22.0. The number of Topliss-reactive ketones (excluding diaryl/α,β-unsaturated/α-hetero) is 1. The van der Waals surface area contributed by atoms with Gasteiger partial charge < -0.3 is 11.5 Å². The number of aryl methyl sites for hydroxylation is 1. The van der Waals surface area contributed by atoms with E-state index < -0.39 is 0 Å². The van der Waals surface area contributed by atoms with Crippen molar-refractivity contribution in [2.45, 2.75) is 44.9 Å². The number of thiophene rings is 1. The summed E-state index contributed by atoms with van der Waals surface area (Å²) < 4.78 is 0. The first-order valence-electron chi connectivity index (χ1n) is 8.80. The Balaban J connectivity index is 2.10. The lowest BCUT2D eigenvalue weighted by atomic mass is 9.80. The van der Waals surface area contributed by atoms with Gasteiger partial charge in [0.25, 0.3) is 0 Å². The normalized spacial score (nSPS) is 17.0. The van der Waals surface area contributed by atoms with Gasteiger partial charge in [0.2, 0.25) is 11.1 Å². The summed E-state index contributed by atoms with van der Waals surface area (Å²) in [6.45, 7) is 1.99. The van der Waals surface area contributed by atoms with Crippen molar-refractivity contribution in [3.8, 4) is 6.07 Å². The minimum Gasteiger partial charge on any atom is -0.401 e. The van der Waals surface area contributed by atoms with Crippen LogP contribution >= 0.6 is 22.9 Å². The number of nitriles is 1. The largest absolute Gasteiger partial charge is 0.401 e. The summed E-state index contributed by atoms with van der Waals surface area (Å²) >= 11 is 7.29. The zero-order valence-electron chi connectivity index (χ0n) is 15.0. The van der Waals surface area contributed by atoms with Crippen molar-refractivity contribution in [2.75, 3.05) is 5.73 Å². The Morgan fingerprint density at radius 3 is 2.96 bits per heavy atom. The molecule has 2 heterocycles. The van der Waals surface area contributed by atoms with Crippen LogP contribution in [0.5, 0.6) is 0 Å². The van der Waals surface area contributed by atoms with Crippen LogP contribution in [-0.4, -0.2) is 15.8 Å². The molecule has 0 bridgehead atoms. The highest BCUT2D eigenvalue weighted by molar-refractivity contribution is 7.16. The average Bonchev–Trinajstić information content (AvgIpc) is 3.00. The molecule has 140 valence electrons. The van der Waals surface area contributed by atoms with Gasteiger partial charge in [-0.3, -0.25) is 4.79 Å². The lowest BCUT2D eigenvalue weighted by Gasteiger charge is -2.25. The topological polar surface area (TPSA) is 119 Å². The van der Waals surface area contributed by atoms with Crippen LogP contribution in [0.2, 0.25) is 5.28 Å². The lowest BCUT2D eigenvalue weighted by Crippen LogP contribution is -2.21. The fourth-order valence-corrected chi connectivity index (χ4v) is 4.84. The SMILES string of the molecule is CCC/C(C(=O)c1ccnc(Cl)n1)=C(/N)[C@H]1CCCc2sc(N)c(C#N)c21. The molecular weight excluding hydrogens is 382 g/mol. The van der Waals surface area contributed by atoms with E-state index in [1.54, 1.807) is 0 Å². The van der Waals surface area contributed by atoms with Gasteiger partial charge in [0.05, 0.1) is 5.56 Å². The summed E-state index contributed by atoms with van der Waals surface area (Å²) in [7, 11) is 0. The molecule has 4 N–H and O–H groups in total. The van der Waals surface area contributed by atoms with Crippen molar-refractivity contribution in [3.05, 3.63) is 50.5 Å². The number of ketones is 1. The number of hydrogen-bond donors (Lipinski definition) is 2. The minimum absolute atomic E-state index is 0.0209. The van der Waals surface area contributed by atoms with E-state index in [0.717, 1.165) is 36.1 Å². The fraction of sp³-hybridized carbons (Fsp3) is 0.368. The molecule has 27 heavy (non-hydrogen) atoms. The average molecular weight is 402 g/mol. The Morgan fingerprint density at radius 1 is 1.52 bits per heavy atom. The molecule has 0 saturated carbocycles. The van der Waals surface area contributed by atoms with Gasteiger partial charge in [0.15, 0.2) is 0 Å². The van der Waals surface area contributed by atoms with Crippen LogP contribution in [-0.2, 0) is 6.42 Å². The number of nitrogens with zero attached hydrogens (tertiary/aromatic N) is 3. The second kappa shape index (κ2) is 8.07. The minimum atomic E-state index is -0.243. The second-order valence-electron chi connectivity index (χ2n) is 6.46. The van der Waals surface area contributed by atoms with E-state index in [1.807, 2.05) is 6.92 Å². The van der Waals surface area contributed by atoms with Gasteiger partial charge >= 0.3 is 0 Å².